The van der Waals surface area contributed by atoms with Crippen LogP contribution in [0.5, 0.6) is 5.75 Å². The van der Waals surface area contributed by atoms with Gasteiger partial charge in [-0.15, -0.1) is 0 Å². The number of ether oxygens (including phenoxy) is 2. The summed E-state index contributed by atoms with van der Waals surface area (Å²) < 4.78 is 89.7. The first kappa shape index (κ1) is 30.2. The lowest BCUT2D eigenvalue weighted by Gasteiger charge is -2.14. The number of nitrogens with one attached hydrogen (secondary N) is 2. The molecule has 1 saturated carbocycles. The van der Waals surface area contributed by atoms with E-state index in [-0.39, 0.29) is 28.2 Å². The predicted molar refractivity (Wildman–Crippen MR) is 142 cm³/mol. The SMILES string of the molecule is COc1ccc(-c2sc(NC(=O)C3CCCC3)nc2C)cc1S(=O)(=O)Nc1ccc(F)c(COC(=O)C(F)(F)F)c1. The zero-order chi connectivity index (χ0) is 29.9. The summed E-state index contributed by atoms with van der Waals surface area (Å²) in [6.45, 7) is 0.655. The Bertz CT molecular complexity index is 1570. The Morgan fingerprint density at radius 1 is 1.12 bits per heavy atom. The fourth-order valence-electron chi connectivity index (χ4n) is 4.33. The van der Waals surface area contributed by atoms with Crippen LogP contribution in [0.15, 0.2) is 41.3 Å². The Morgan fingerprint density at radius 3 is 2.49 bits per heavy atom. The number of hydrogen-bond acceptors (Lipinski definition) is 8. The van der Waals surface area contributed by atoms with Crippen molar-refractivity contribution in [3.05, 3.63) is 53.5 Å². The predicted octanol–water partition coefficient (Wildman–Crippen LogP) is 5.80. The topological polar surface area (TPSA) is 124 Å². The minimum absolute atomic E-state index is 0.0142. The second-order valence-corrected chi connectivity index (χ2v) is 11.9. The Balaban J connectivity index is 1.58. The molecule has 4 rings (SSSR count). The molecule has 0 aliphatic heterocycles. The van der Waals surface area contributed by atoms with E-state index in [2.05, 4.69) is 19.8 Å². The van der Waals surface area contributed by atoms with Gasteiger partial charge in [-0.05, 0) is 61.7 Å². The van der Waals surface area contributed by atoms with Crippen molar-refractivity contribution in [3.63, 3.8) is 0 Å². The molecule has 15 heteroatoms. The molecule has 1 heterocycles. The van der Waals surface area contributed by atoms with E-state index in [4.69, 9.17) is 4.74 Å². The first-order chi connectivity index (χ1) is 19.3. The van der Waals surface area contributed by atoms with E-state index in [9.17, 15) is 35.6 Å². The van der Waals surface area contributed by atoms with Gasteiger partial charge in [0.15, 0.2) is 5.13 Å². The zero-order valence-electron chi connectivity index (χ0n) is 21.8. The lowest BCUT2D eigenvalue weighted by Crippen LogP contribution is -2.25. The van der Waals surface area contributed by atoms with Crippen molar-refractivity contribution >= 4 is 44.1 Å². The van der Waals surface area contributed by atoms with E-state index in [1.807, 2.05) is 0 Å². The van der Waals surface area contributed by atoms with Crippen LogP contribution < -0.4 is 14.8 Å². The van der Waals surface area contributed by atoms with Gasteiger partial charge < -0.3 is 14.8 Å². The van der Waals surface area contributed by atoms with Crippen LogP contribution in [0.25, 0.3) is 10.4 Å². The number of aryl methyl sites for hydroxylation is 1. The van der Waals surface area contributed by atoms with Gasteiger partial charge in [0.2, 0.25) is 5.91 Å². The second kappa shape index (κ2) is 12.0. The molecule has 0 saturated heterocycles. The van der Waals surface area contributed by atoms with E-state index in [1.165, 1.54) is 30.6 Å². The summed E-state index contributed by atoms with van der Waals surface area (Å²) in [6, 6.07) is 7.22. The van der Waals surface area contributed by atoms with Crippen LogP contribution >= 0.6 is 11.3 Å². The van der Waals surface area contributed by atoms with Crippen LogP contribution in [0, 0.1) is 18.7 Å². The molecule has 2 aromatic carbocycles. The molecule has 1 aliphatic rings. The smallest absolute Gasteiger partial charge is 0.490 e. The molecular formula is C26H25F4N3O6S2. The lowest BCUT2D eigenvalue weighted by atomic mass is 10.1. The summed E-state index contributed by atoms with van der Waals surface area (Å²) in [6.07, 6.45) is -1.62. The highest BCUT2D eigenvalue weighted by molar-refractivity contribution is 7.92. The molecule has 0 spiro atoms. The van der Waals surface area contributed by atoms with Crippen molar-refractivity contribution in [1.29, 1.82) is 0 Å². The van der Waals surface area contributed by atoms with E-state index in [1.54, 1.807) is 13.0 Å². The van der Waals surface area contributed by atoms with Gasteiger partial charge in [-0.1, -0.05) is 24.2 Å². The summed E-state index contributed by atoms with van der Waals surface area (Å²) >= 11 is 1.19. The third-order valence-corrected chi connectivity index (χ3v) is 8.88. The quantitative estimate of drug-likeness (QED) is 0.230. The number of nitrogens with zero attached hydrogens (tertiary/aromatic N) is 1. The Morgan fingerprint density at radius 2 is 1.83 bits per heavy atom. The Labute approximate surface area is 236 Å². The van der Waals surface area contributed by atoms with Crippen molar-refractivity contribution in [3.8, 4) is 16.2 Å². The van der Waals surface area contributed by atoms with E-state index in [0.717, 1.165) is 43.9 Å². The van der Waals surface area contributed by atoms with E-state index < -0.39 is 40.2 Å². The highest BCUT2D eigenvalue weighted by Gasteiger charge is 2.41. The average molecular weight is 616 g/mol. The van der Waals surface area contributed by atoms with Gasteiger partial charge in [-0.25, -0.2) is 22.6 Å². The highest BCUT2D eigenvalue weighted by Crippen LogP contribution is 2.37. The number of anilines is 2. The van der Waals surface area contributed by atoms with Crippen LogP contribution in [0.2, 0.25) is 0 Å². The number of halogens is 4. The standard InChI is InChI=1S/C26H25F4N3O6S2/c1-14-22(40-25(31-14)32-23(34)15-5-3-4-6-15)16-7-10-20(38-2)21(12-16)41(36,37)33-18-8-9-19(27)17(11-18)13-39-24(35)26(28,29)30/h7-12,15,33H,3-6,13H2,1-2H3,(H,31,32,34). The fraction of sp³-hybridized carbons (Fsp3) is 0.346. The molecule has 220 valence electrons. The molecule has 1 fully saturated rings. The van der Waals surface area contributed by atoms with E-state index in [0.29, 0.717) is 21.3 Å². The molecule has 1 aliphatic carbocycles. The number of thiazole rings is 1. The number of carbonyl (C=O) groups excluding carboxylic acids is 2. The third-order valence-electron chi connectivity index (χ3n) is 6.36. The first-order valence-corrected chi connectivity index (χ1v) is 14.6. The second-order valence-electron chi connectivity index (χ2n) is 9.26. The van der Waals surface area contributed by atoms with Gasteiger partial charge in [0, 0.05) is 17.2 Å². The summed E-state index contributed by atoms with van der Waals surface area (Å²) in [7, 11) is -3.11. The molecule has 9 nitrogen and oxygen atoms in total. The van der Waals surface area contributed by atoms with Crippen molar-refractivity contribution in [2.75, 3.05) is 17.1 Å². The summed E-state index contributed by atoms with van der Waals surface area (Å²) in [5.74, 6) is -3.69. The van der Waals surface area contributed by atoms with Crippen molar-refractivity contribution in [2.24, 2.45) is 5.92 Å². The number of alkyl halides is 3. The van der Waals surface area contributed by atoms with Gasteiger partial charge in [-0.3, -0.25) is 9.52 Å². The number of aromatic nitrogens is 1. The Hall–Kier alpha value is -3.72. The number of rotatable bonds is 9. The molecule has 41 heavy (non-hydrogen) atoms. The number of hydrogen-bond donors (Lipinski definition) is 2. The zero-order valence-corrected chi connectivity index (χ0v) is 23.4. The average Bonchev–Trinajstić information content (AvgIpc) is 3.58. The normalized spacial score (nSPS) is 14.1. The van der Waals surface area contributed by atoms with Crippen LogP contribution in [0.1, 0.15) is 36.9 Å². The molecule has 3 aromatic rings. The molecule has 0 atom stereocenters. The maximum Gasteiger partial charge on any atom is 0.490 e. The number of sulfonamides is 1. The molecule has 0 unspecified atom stereocenters. The number of benzene rings is 2. The minimum Gasteiger partial charge on any atom is -0.495 e. The van der Waals surface area contributed by atoms with Crippen molar-refractivity contribution < 1.29 is 45.0 Å². The molecule has 2 N–H and O–H groups in total. The monoisotopic (exact) mass is 615 g/mol. The summed E-state index contributed by atoms with van der Waals surface area (Å²) in [4.78, 5) is 28.3. The summed E-state index contributed by atoms with van der Waals surface area (Å²) in [5, 5.41) is 3.23. The summed E-state index contributed by atoms with van der Waals surface area (Å²) in [5.41, 5.74) is 0.370. The fourth-order valence-corrected chi connectivity index (χ4v) is 6.54. The van der Waals surface area contributed by atoms with Crippen molar-refractivity contribution in [1.82, 2.24) is 4.98 Å². The molecule has 1 amide bonds. The van der Waals surface area contributed by atoms with Gasteiger partial charge in [0.25, 0.3) is 10.0 Å². The van der Waals surface area contributed by atoms with Crippen molar-refractivity contribution in [2.45, 2.75) is 50.3 Å². The molecular weight excluding hydrogens is 590 g/mol. The molecule has 1 aromatic heterocycles. The highest BCUT2D eigenvalue weighted by atomic mass is 32.2. The Kier molecular flexibility index (Phi) is 8.87. The minimum atomic E-state index is -5.27. The van der Waals surface area contributed by atoms with Crippen LogP contribution in [-0.4, -0.2) is 38.6 Å². The number of amides is 1. The van der Waals surface area contributed by atoms with Gasteiger partial charge in [-0.2, -0.15) is 13.2 Å². The lowest BCUT2D eigenvalue weighted by molar-refractivity contribution is -0.201. The molecule has 0 radical (unpaired) electrons. The maximum atomic E-state index is 14.1. The molecule has 0 bridgehead atoms. The number of carbonyl (C=O) groups is 2. The van der Waals surface area contributed by atoms with Gasteiger partial charge in [0.05, 0.1) is 17.7 Å². The first-order valence-electron chi connectivity index (χ1n) is 12.3. The number of esters is 1. The number of methoxy groups -OCH3 is 1. The third kappa shape index (κ3) is 7.14. The van der Waals surface area contributed by atoms with Crippen LogP contribution in [0.3, 0.4) is 0 Å². The van der Waals surface area contributed by atoms with Gasteiger partial charge >= 0.3 is 12.1 Å². The van der Waals surface area contributed by atoms with Crippen LogP contribution in [-0.2, 0) is 31.0 Å². The maximum absolute atomic E-state index is 14.1. The van der Waals surface area contributed by atoms with E-state index >= 15 is 0 Å². The van der Waals surface area contributed by atoms with Crippen LogP contribution in [0.4, 0.5) is 28.4 Å². The van der Waals surface area contributed by atoms with Gasteiger partial charge in [0.1, 0.15) is 23.1 Å². The largest absolute Gasteiger partial charge is 0.495 e.